The molecule has 1 aromatic carbocycles. The number of likely N-dealkylation sites (N-methyl/N-ethyl adjacent to an activating group) is 1. The molecule has 7 nitrogen and oxygen atoms in total. The van der Waals surface area contributed by atoms with Crippen LogP contribution in [0.1, 0.15) is 33.3 Å². The Morgan fingerprint density at radius 2 is 1.75 bits per heavy atom. The smallest absolute Gasteiger partial charge is 0.411 e. The quantitative estimate of drug-likeness (QED) is 0.475. The molecule has 0 saturated carbocycles. The van der Waals surface area contributed by atoms with Crippen LogP contribution in [0.25, 0.3) is 0 Å². The number of hydrogen-bond donors (Lipinski definition) is 0. The van der Waals surface area contributed by atoms with Gasteiger partial charge in [-0.25, -0.2) is 13.6 Å². The Kier molecular flexibility index (Phi) is 5.27. The lowest BCUT2D eigenvalue weighted by Crippen LogP contribution is -2.48. The van der Waals surface area contributed by atoms with Gasteiger partial charge in [0.1, 0.15) is 17.4 Å². The number of nitro groups is 1. The largest absolute Gasteiger partial charge is 0.444 e. The van der Waals surface area contributed by atoms with E-state index in [0.29, 0.717) is 12.1 Å². The van der Waals surface area contributed by atoms with Crippen LogP contribution in [0.15, 0.2) is 12.1 Å². The highest BCUT2D eigenvalue weighted by atomic mass is 19.2. The van der Waals surface area contributed by atoms with Crippen LogP contribution in [-0.2, 0) is 15.1 Å². The molecule has 1 atom stereocenters. The molecule has 0 bridgehead atoms. The van der Waals surface area contributed by atoms with Crippen molar-refractivity contribution in [3.63, 3.8) is 0 Å². The maximum Gasteiger partial charge on any atom is 0.411 e. The maximum atomic E-state index is 13.6. The number of amides is 1. The number of benzene rings is 1. The van der Waals surface area contributed by atoms with Crippen LogP contribution in [-0.4, -0.2) is 34.9 Å². The lowest BCUT2D eigenvalue weighted by atomic mass is 9.90. The van der Waals surface area contributed by atoms with E-state index in [1.165, 1.54) is 14.0 Å². The molecule has 0 aliphatic rings. The third kappa shape index (κ3) is 3.84. The van der Waals surface area contributed by atoms with Crippen molar-refractivity contribution in [2.45, 2.75) is 38.8 Å². The molecule has 1 unspecified atom stereocenters. The molecule has 0 saturated heterocycles. The van der Waals surface area contributed by atoms with Crippen LogP contribution in [0.5, 0.6) is 0 Å². The van der Waals surface area contributed by atoms with Crippen LogP contribution in [0, 0.1) is 21.7 Å². The first kappa shape index (κ1) is 19.5. The van der Waals surface area contributed by atoms with Gasteiger partial charge in [-0.1, -0.05) is 0 Å². The molecule has 0 spiro atoms. The summed E-state index contributed by atoms with van der Waals surface area (Å²) >= 11 is 0. The Labute approximate surface area is 137 Å². The van der Waals surface area contributed by atoms with Gasteiger partial charge in [0.15, 0.2) is 11.6 Å². The Morgan fingerprint density at radius 3 is 2.17 bits per heavy atom. The van der Waals surface area contributed by atoms with Crippen molar-refractivity contribution < 1.29 is 28.0 Å². The summed E-state index contributed by atoms with van der Waals surface area (Å²) in [5, 5.41) is 11.1. The van der Waals surface area contributed by atoms with Crippen LogP contribution < -0.4 is 0 Å². The minimum absolute atomic E-state index is 0.233. The van der Waals surface area contributed by atoms with E-state index in [0.717, 1.165) is 4.90 Å². The minimum Gasteiger partial charge on any atom is -0.444 e. The topological polar surface area (TPSA) is 89.8 Å². The summed E-state index contributed by atoms with van der Waals surface area (Å²) < 4.78 is 32.0. The summed E-state index contributed by atoms with van der Waals surface area (Å²) in [6, 6.07) is 0.901. The number of nitrogens with zero attached hydrogens (tertiary/aromatic N) is 2. The van der Waals surface area contributed by atoms with E-state index >= 15 is 0 Å². The first-order valence-electron chi connectivity index (χ1n) is 6.90. The maximum absolute atomic E-state index is 13.6. The van der Waals surface area contributed by atoms with Gasteiger partial charge in [0.05, 0.1) is 16.6 Å². The second-order valence-electron chi connectivity index (χ2n) is 6.35. The first-order chi connectivity index (χ1) is 10.8. The van der Waals surface area contributed by atoms with E-state index in [9.17, 15) is 28.5 Å². The zero-order valence-electron chi connectivity index (χ0n) is 13.9. The molecule has 1 rings (SSSR count). The van der Waals surface area contributed by atoms with Crippen molar-refractivity contribution in [2.75, 3.05) is 7.05 Å². The van der Waals surface area contributed by atoms with Crippen molar-refractivity contribution in [2.24, 2.45) is 0 Å². The number of aldehydes is 1. The monoisotopic (exact) mass is 344 g/mol. The molecule has 132 valence electrons. The summed E-state index contributed by atoms with van der Waals surface area (Å²) in [5.41, 5.74) is -4.09. The number of carbonyl (C=O) groups excluding carboxylic acids is 2. The normalized spacial score (nSPS) is 13.8. The fraction of sp³-hybridized carbons (Fsp3) is 0.467. The highest BCUT2D eigenvalue weighted by Crippen LogP contribution is 2.35. The zero-order valence-corrected chi connectivity index (χ0v) is 13.9. The van der Waals surface area contributed by atoms with Crippen molar-refractivity contribution in [1.29, 1.82) is 0 Å². The van der Waals surface area contributed by atoms with E-state index in [2.05, 4.69) is 0 Å². The number of carbonyl (C=O) groups is 2. The molecule has 0 radical (unpaired) electrons. The minimum atomic E-state index is -1.93. The van der Waals surface area contributed by atoms with Crippen molar-refractivity contribution in [1.82, 2.24) is 4.90 Å². The van der Waals surface area contributed by atoms with E-state index in [1.54, 1.807) is 20.8 Å². The second kappa shape index (κ2) is 6.50. The molecule has 1 aromatic rings. The fourth-order valence-corrected chi connectivity index (χ4v) is 1.94. The fourth-order valence-electron chi connectivity index (χ4n) is 1.94. The average Bonchev–Trinajstić information content (AvgIpc) is 2.45. The summed E-state index contributed by atoms with van der Waals surface area (Å²) in [5.74, 6) is -2.81. The molecule has 0 aromatic heterocycles. The Balaban J connectivity index is 3.48. The standard InChI is InChI=1S/C15H18F2N2O5/c1-14(2,3)24-13(21)18(5)15(4,8-20)9-6-10(16)11(17)7-12(9)19(22)23/h6-8H,1-5H3. The van der Waals surface area contributed by atoms with Gasteiger partial charge in [0, 0.05) is 7.05 Å². The summed E-state index contributed by atoms with van der Waals surface area (Å²) in [4.78, 5) is 34.8. The Bertz CT molecular complexity index is 687. The highest BCUT2D eigenvalue weighted by Gasteiger charge is 2.42. The van der Waals surface area contributed by atoms with Gasteiger partial charge in [-0.2, -0.15) is 0 Å². The molecular formula is C15H18F2N2O5. The molecular weight excluding hydrogens is 326 g/mol. The number of ether oxygens (including phenoxy) is 1. The summed E-state index contributed by atoms with van der Waals surface area (Å²) in [6.07, 6.45) is -0.715. The van der Waals surface area contributed by atoms with Gasteiger partial charge < -0.3 is 9.53 Å². The number of hydrogen-bond acceptors (Lipinski definition) is 5. The Hall–Kier alpha value is -2.58. The van der Waals surface area contributed by atoms with Crippen molar-refractivity contribution in [3.05, 3.63) is 39.4 Å². The van der Waals surface area contributed by atoms with Crippen molar-refractivity contribution in [3.8, 4) is 0 Å². The molecule has 24 heavy (non-hydrogen) atoms. The van der Waals surface area contributed by atoms with Crippen LogP contribution in [0.3, 0.4) is 0 Å². The third-order valence-corrected chi connectivity index (χ3v) is 3.37. The lowest BCUT2D eigenvalue weighted by Gasteiger charge is -2.35. The van der Waals surface area contributed by atoms with Crippen molar-refractivity contribution >= 4 is 18.1 Å². The van der Waals surface area contributed by atoms with Crippen LogP contribution in [0.4, 0.5) is 19.3 Å². The van der Waals surface area contributed by atoms with Gasteiger partial charge in [0.25, 0.3) is 5.69 Å². The molecule has 1 amide bonds. The Morgan fingerprint density at radius 1 is 1.25 bits per heavy atom. The molecule has 0 N–H and O–H groups in total. The molecule has 9 heteroatoms. The number of rotatable bonds is 4. The van der Waals surface area contributed by atoms with E-state index in [1.807, 2.05) is 0 Å². The molecule has 0 aliphatic heterocycles. The predicted molar refractivity (Wildman–Crippen MR) is 80.4 cm³/mol. The van der Waals surface area contributed by atoms with Crippen LogP contribution in [0.2, 0.25) is 0 Å². The molecule has 0 aliphatic carbocycles. The van der Waals surface area contributed by atoms with Crippen LogP contribution >= 0.6 is 0 Å². The van der Waals surface area contributed by atoms with E-state index in [4.69, 9.17) is 4.74 Å². The van der Waals surface area contributed by atoms with Gasteiger partial charge in [-0.05, 0) is 33.8 Å². The molecule has 0 fully saturated rings. The summed E-state index contributed by atoms with van der Waals surface area (Å²) in [7, 11) is 1.17. The van der Waals surface area contributed by atoms with Gasteiger partial charge in [0.2, 0.25) is 0 Å². The second-order valence-corrected chi connectivity index (χ2v) is 6.35. The average molecular weight is 344 g/mol. The van der Waals surface area contributed by atoms with Gasteiger partial charge in [-0.3, -0.25) is 15.0 Å². The molecule has 0 heterocycles. The zero-order chi connectivity index (χ0) is 18.9. The SMILES string of the molecule is CN(C(=O)OC(C)(C)C)C(C)(C=O)c1cc(F)c(F)cc1[N+](=O)[O-]. The lowest BCUT2D eigenvalue weighted by molar-refractivity contribution is -0.386. The highest BCUT2D eigenvalue weighted by molar-refractivity contribution is 5.79. The first-order valence-corrected chi connectivity index (χ1v) is 6.90. The number of halogens is 2. The van der Waals surface area contributed by atoms with E-state index < -0.39 is 45.0 Å². The number of nitro benzene ring substituents is 1. The van der Waals surface area contributed by atoms with Gasteiger partial charge >= 0.3 is 6.09 Å². The summed E-state index contributed by atoms with van der Waals surface area (Å²) in [6.45, 7) is 5.95. The predicted octanol–water partition coefficient (Wildman–Crippen LogP) is 3.15. The third-order valence-electron chi connectivity index (χ3n) is 3.37. The van der Waals surface area contributed by atoms with E-state index in [-0.39, 0.29) is 6.29 Å². The van der Waals surface area contributed by atoms with Gasteiger partial charge in [-0.15, -0.1) is 0 Å².